The van der Waals surface area contributed by atoms with Crippen LogP contribution in [0, 0.1) is 13.8 Å². The fourth-order valence-electron chi connectivity index (χ4n) is 2.49. The average molecular weight is 252 g/mol. The van der Waals surface area contributed by atoms with Crippen LogP contribution in [0.25, 0.3) is 0 Å². The number of fused-ring (bicyclic) bond motifs is 1. The Kier molecular flexibility index (Phi) is 2.86. The third-order valence-electron chi connectivity index (χ3n) is 3.58. The normalized spacial score (nSPS) is 17.8. The van der Waals surface area contributed by atoms with E-state index in [9.17, 15) is 4.79 Å². The number of carbonyl (C=O) groups is 1. The first-order chi connectivity index (χ1) is 9.13. The van der Waals surface area contributed by atoms with Crippen LogP contribution in [0.1, 0.15) is 38.7 Å². The summed E-state index contributed by atoms with van der Waals surface area (Å²) in [4.78, 5) is 12.0. The lowest BCUT2D eigenvalue weighted by Gasteiger charge is -2.25. The van der Waals surface area contributed by atoms with Crippen molar-refractivity contribution in [2.24, 2.45) is 0 Å². The van der Waals surface area contributed by atoms with Gasteiger partial charge in [0.25, 0.3) is 0 Å². The van der Waals surface area contributed by atoms with E-state index in [0.717, 1.165) is 17.5 Å². The van der Waals surface area contributed by atoms with Crippen molar-refractivity contribution in [1.82, 2.24) is 0 Å². The molecule has 19 heavy (non-hydrogen) atoms. The summed E-state index contributed by atoms with van der Waals surface area (Å²) in [5, 5.41) is 0. The maximum atomic E-state index is 12.0. The highest BCUT2D eigenvalue weighted by atomic mass is 16.5. The molecule has 0 fully saturated rings. The molecule has 0 N–H and O–H groups in total. The summed E-state index contributed by atoms with van der Waals surface area (Å²) in [7, 11) is 0. The van der Waals surface area contributed by atoms with Gasteiger partial charge in [0.2, 0.25) is 0 Å². The van der Waals surface area contributed by atoms with Crippen molar-refractivity contribution in [2.45, 2.75) is 26.4 Å². The van der Waals surface area contributed by atoms with Gasteiger partial charge in [-0.15, -0.1) is 0 Å². The van der Waals surface area contributed by atoms with Crippen molar-refractivity contribution in [1.29, 1.82) is 0 Å². The minimum absolute atomic E-state index is 0.164. The van der Waals surface area contributed by atoms with Gasteiger partial charge in [0.05, 0.1) is 5.56 Å². The lowest BCUT2D eigenvalue weighted by Crippen LogP contribution is -2.21. The molecule has 0 bridgehead atoms. The summed E-state index contributed by atoms with van der Waals surface area (Å²) in [5.41, 5.74) is 5.24. The fourth-order valence-corrected chi connectivity index (χ4v) is 2.49. The molecule has 2 aromatic rings. The predicted molar refractivity (Wildman–Crippen MR) is 74.2 cm³/mol. The number of cyclic esters (lactones) is 1. The molecule has 0 aliphatic carbocycles. The summed E-state index contributed by atoms with van der Waals surface area (Å²) >= 11 is 0. The van der Waals surface area contributed by atoms with Gasteiger partial charge in [-0.05, 0) is 31.0 Å². The summed E-state index contributed by atoms with van der Waals surface area (Å²) in [6, 6.07) is 14.1. The van der Waals surface area contributed by atoms with E-state index >= 15 is 0 Å². The lowest BCUT2D eigenvalue weighted by atomic mass is 9.93. The fraction of sp³-hybridized carbons (Fsp3) is 0.235. The molecular weight excluding hydrogens is 236 g/mol. The Morgan fingerprint density at radius 2 is 1.68 bits per heavy atom. The SMILES string of the molecule is Cc1ccc(C2Cc3cc(C)ccc3C(=O)O2)cc1. The Morgan fingerprint density at radius 3 is 2.42 bits per heavy atom. The first-order valence-corrected chi connectivity index (χ1v) is 6.50. The third-order valence-corrected chi connectivity index (χ3v) is 3.58. The largest absolute Gasteiger partial charge is 0.454 e. The van der Waals surface area contributed by atoms with Gasteiger partial charge < -0.3 is 4.74 Å². The molecular formula is C17H16O2. The van der Waals surface area contributed by atoms with E-state index in [0.29, 0.717) is 5.56 Å². The smallest absolute Gasteiger partial charge is 0.339 e. The number of carbonyl (C=O) groups excluding carboxylic acids is 1. The van der Waals surface area contributed by atoms with Crippen LogP contribution in [-0.2, 0) is 11.2 Å². The van der Waals surface area contributed by atoms with Gasteiger partial charge in [-0.3, -0.25) is 0 Å². The molecule has 1 aliphatic heterocycles. The first-order valence-electron chi connectivity index (χ1n) is 6.50. The molecule has 96 valence electrons. The Morgan fingerprint density at radius 1 is 1.00 bits per heavy atom. The lowest BCUT2D eigenvalue weighted by molar-refractivity contribution is 0.0253. The van der Waals surface area contributed by atoms with Crippen LogP contribution in [0.2, 0.25) is 0 Å². The van der Waals surface area contributed by atoms with Gasteiger partial charge in [0.15, 0.2) is 0 Å². The molecule has 0 spiro atoms. The molecule has 0 radical (unpaired) electrons. The van der Waals surface area contributed by atoms with E-state index in [1.807, 2.05) is 31.2 Å². The zero-order valence-electron chi connectivity index (χ0n) is 11.1. The topological polar surface area (TPSA) is 26.3 Å². The predicted octanol–water partition coefficient (Wildman–Crippen LogP) is 3.76. The Balaban J connectivity index is 1.96. The van der Waals surface area contributed by atoms with Crippen molar-refractivity contribution in [3.8, 4) is 0 Å². The van der Waals surface area contributed by atoms with Crippen molar-refractivity contribution >= 4 is 5.97 Å². The van der Waals surface area contributed by atoms with Crippen LogP contribution in [0.5, 0.6) is 0 Å². The maximum absolute atomic E-state index is 12.0. The van der Waals surface area contributed by atoms with Gasteiger partial charge in [0, 0.05) is 6.42 Å². The van der Waals surface area contributed by atoms with Gasteiger partial charge in [-0.1, -0.05) is 47.5 Å². The van der Waals surface area contributed by atoms with Crippen molar-refractivity contribution in [2.75, 3.05) is 0 Å². The summed E-state index contributed by atoms with van der Waals surface area (Å²) in [5.74, 6) is -0.216. The number of benzene rings is 2. The molecule has 2 nitrogen and oxygen atoms in total. The second-order valence-corrected chi connectivity index (χ2v) is 5.17. The Hall–Kier alpha value is -2.09. The summed E-state index contributed by atoms with van der Waals surface area (Å²) in [6.07, 6.45) is 0.591. The highest BCUT2D eigenvalue weighted by molar-refractivity contribution is 5.92. The molecule has 0 saturated carbocycles. The second kappa shape index (κ2) is 4.54. The van der Waals surface area contributed by atoms with Crippen LogP contribution in [0.4, 0.5) is 0 Å². The zero-order valence-corrected chi connectivity index (χ0v) is 11.1. The van der Waals surface area contributed by atoms with Gasteiger partial charge in [0.1, 0.15) is 6.10 Å². The van der Waals surface area contributed by atoms with Gasteiger partial charge >= 0.3 is 5.97 Å². The van der Waals surface area contributed by atoms with Crippen LogP contribution in [0.3, 0.4) is 0 Å². The molecule has 0 amide bonds. The molecule has 1 heterocycles. The van der Waals surface area contributed by atoms with E-state index in [4.69, 9.17) is 4.74 Å². The Labute approximate surface area is 113 Å². The highest BCUT2D eigenvalue weighted by Gasteiger charge is 2.27. The monoisotopic (exact) mass is 252 g/mol. The van der Waals surface area contributed by atoms with E-state index < -0.39 is 0 Å². The van der Waals surface area contributed by atoms with Crippen molar-refractivity contribution in [3.05, 3.63) is 70.3 Å². The summed E-state index contributed by atoms with van der Waals surface area (Å²) in [6.45, 7) is 4.09. The maximum Gasteiger partial charge on any atom is 0.339 e. The number of esters is 1. The minimum atomic E-state index is -0.216. The minimum Gasteiger partial charge on any atom is -0.454 e. The highest BCUT2D eigenvalue weighted by Crippen LogP contribution is 2.31. The molecule has 1 atom stereocenters. The number of hydrogen-bond acceptors (Lipinski definition) is 2. The molecule has 0 saturated heterocycles. The third kappa shape index (κ3) is 2.26. The van der Waals surface area contributed by atoms with E-state index in [1.54, 1.807) is 0 Å². The zero-order chi connectivity index (χ0) is 13.4. The average Bonchev–Trinajstić information content (AvgIpc) is 2.38. The number of hydrogen-bond donors (Lipinski definition) is 0. The summed E-state index contributed by atoms with van der Waals surface area (Å²) < 4.78 is 5.54. The van der Waals surface area contributed by atoms with Crippen LogP contribution in [0.15, 0.2) is 42.5 Å². The number of rotatable bonds is 1. The number of ether oxygens (including phenoxy) is 1. The van der Waals surface area contributed by atoms with Crippen LogP contribution < -0.4 is 0 Å². The quantitative estimate of drug-likeness (QED) is 0.722. The van der Waals surface area contributed by atoms with Crippen LogP contribution >= 0.6 is 0 Å². The van der Waals surface area contributed by atoms with Crippen molar-refractivity contribution in [3.63, 3.8) is 0 Å². The molecule has 2 heteroatoms. The van der Waals surface area contributed by atoms with E-state index in [-0.39, 0.29) is 12.1 Å². The molecule has 1 unspecified atom stereocenters. The van der Waals surface area contributed by atoms with E-state index in [2.05, 4.69) is 25.1 Å². The molecule has 1 aliphatic rings. The molecule has 2 aromatic carbocycles. The number of aryl methyl sites for hydroxylation is 2. The first kappa shape index (κ1) is 12.0. The van der Waals surface area contributed by atoms with Gasteiger partial charge in [-0.25, -0.2) is 4.79 Å². The second-order valence-electron chi connectivity index (χ2n) is 5.17. The Bertz CT molecular complexity index is 626. The van der Waals surface area contributed by atoms with E-state index in [1.165, 1.54) is 11.1 Å². The molecule has 0 aromatic heterocycles. The standard InChI is InChI=1S/C17H16O2/c1-11-3-6-13(7-4-11)16-10-14-9-12(2)5-8-15(14)17(18)19-16/h3-9,16H,10H2,1-2H3. The molecule has 3 rings (SSSR count). The van der Waals surface area contributed by atoms with Crippen molar-refractivity contribution < 1.29 is 9.53 Å². The van der Waals surface area contributed by atoms with Gasteiger partial charge in [-0.2, -0.15) is 0 Å². The van der Waals surface area contributed by atoms with Crippen LogP contribution in [-0.4, -0.2) is 5.97 Å².